The molecule has 1 aliphatic heterocycles. The zero-order valence-electron chi connectivity index (χ0n) is 23.1. The molecule has 1 N–H and O–H groups in total. The van der Waals surface area contributed by atoms with Crippen molar-refractivity contribution in [1.29, 1.82) is 0 Å². The molecule has 2 fully saturated rings. The van der Waals surface area contributed by atoms with Crippen molar-refractivity contribution in [2.24, 2.45) is 28.6 Å². The van der Waals surface area contributed by atoms with Gasteiger partial charge in [0.05, 0.1) is 17.4 Å². The minimum atomic E-state index is -1.17. The number of allylic oxidation sites excluding steroid dienone is 3. The smallest absolute Gasteiger partial charge is 0.309 e. The average molecular weight is 519 g/mol. The van der Waals surface area contributed by atoms with Gasteiger partial charge in [-0.15, -0.1) is 0 Å². The highest BCUT2D eigenvalue weighted by molar-refractivity contribution is 5.72. The maximum absolute atomic E-state index is 12.8. The molecule has 8 nitrogen and oxygen atoms in total. The number of aliphatic hydroxyl groups is 1. The Kier molecular flexibility index (Phi) is 8.75. The highest BCUT2D eigenvalue weighted by atomic mass is 16.8. The number of carbonyl (C=O) groups excluding carboxylic acids is 3. The second-order valence-electron chi connectivity index (χ2n) is 11.2. The van der Waals surface area contributed by atoms with Crippen LogP contribution >= 0.6 is 0 Å². The van der Waals surface area contributed by atoms with E-state index in [2.05, 4.69) is 26.5 Å². The molecule has 1 saturated carbocycles. The summed E-state index contributed by atoms with van der Waals surface area (Å²) in [7, 11) is 0. The van der Waals surface area contributed by atoms with Gasteiger partial charge in [-0.25, -0.2) is 0 Å². The molecule has 1 heterocycles. The maximum Gasteiger partial charge on any atom is 0.309 e. The van der Waals surface area contributed by atoms with Gasteiger partial charge in [-0.2, -0.15) is 0 Å². The highest BCUT2D eigenvalue weighted by Gasteiger charge is 2.71. The molecule has 0 bridgehead atoms. The monoisotopic (exact) mass is 518 g/mol. The van der Waals surface area contributed by atoms with Crippen LogP contribution in [0.25, 0.3) is 0 Å². The highest BCUT2D eigenvalue weighted by Crippen LogP contribution is 2.67. The first-order chi connectivity index (χ1) is 17.3. The van der Waals surface area contributed by atoms with Crippen LogP contribution in [0.1, 0.15) is 74.1 Å². The van der Waals surface area contributed by atoms with Crippen LogP contribution in [0.5, 0.6) is 0 Å². The fraction of sp³-hybridized carbons (Fsp3) is 0.690. The van der Waals surface area contributed by atoms with E-state index in [0.29, 0.717) is 31.3 Å². The lowest BCUT2D eigenvalue weighted by Crippen LogP contribution is -2.63. The van der Waals surface area contributed by atoms with Crippen molar-refractivity contribution in [1.82, 2.24) is 0 Å². The molecule has 3 rings (SSSR count). The number of ether oxygens (including phenoxy) is 4. The largest absolute Gasteiger partial charge is 0.458 e. The van der Waals surface area contributed by atoms with Gasteiger partial charge < -0.3 is 19.3 Å². The van der Waals surface area contributed by atoms with Gasteiger partial charge in [-0.3, -0.25) is 19.1 Å². The van der Waals surface area contributed by atoms with E-state index in [1.165, 1.54) is 13.8 Å². The standard InChI is InChI=1S/C29H42O8/c1-9-16(3)11-12-28(8)18(5)13-24(32)29-22(26(34-19(6)30)37-27(29)35-20(7)31)14-21(15-23(28)29)36-25(33)17(4)10-2/h9,11,14,17-18,21,23-24,26-27,32H,1,10,12-13,15H2,2-8H3/b16-11+/t17?,18-,21+,23+,24+,26?,27?,28-,29-/m1/s1. The van der Waals surface area contributed by atoms with Gasteiger partial charge in [0, 0.05) is 19.4 Å². The minimum absolute atomic E-state index is 0.0722. The summed E-state index contributed by atoms with van der Waals surface area (Å²) in [6.45, 7) is 16.4. The average Bonchev–Trinajstić information content (AvgIpc) is 3.12. The molecule has 0 aromatic carbocycles. The predicted molar refractivity (Wildman–Crippen MR) is 137 cm³/mol. The fourth-order valence-electron chi connectivity index (χ4n) is 6.30. The van der Waals surface area contributed by atoms with E-state index in [1.54, 1.807) is 12.2 Å². The summed E-state index contributed by atoms with van der Waals surface area (Å²) in [6, 6.07) is 0. The zero-order valence-corrected chi connectivity index (χ0v) is 23.1. The van der Waals surface area contributed by atoms with Crippen LogP contribution < -0.4 is 0 Å². The topological polar surface area (TPSA) is 108 Å². The Bertz CT molecular complexity index is 982. The lowest BCUT2D eigenvalue weighted by Gasteiger charge is -2.60. The Hall–Kier alpha value is -2.45. The number of aliphatic hydroxyl groups excluding tert-OH is 1. The van der Waals surface area contributed by atoms with Gasteiger partial charge in [0.25, 0.3) is 0 Å². The van der Waals surface area contributed by atoms with Gasteiger partial charge in [-0.1, -0.05) is 52.0 Å². The van der Waals surface area contributed by atoms with Gasteiger partial charge in [-0.05, 0) is 55.9 Å². The molecule has 8 heteroatoms. The SMILES string of the molecule is C=C/C(C)=C/C[C@]1(C)[C@H](C)C[C@H](O)[C@@]23C(=C[C@H](OC(=O)C(C)CC)C[C@@H]12)C(OC(C)=O)OC3OC(C)=O. The van der Waals surface area contributed by atoms with E-state index in [-0.39, 0.29) is 23.7 Å². The summed E-state index contributed by atoms with van der Waals surface area (Å²) in [5, 5.41) is 11.7. The van der Waals surface area contributed by atoms with Crippen LogP contribution in [0.4, 0.5) is 0 Å². The van der Waals surface area contributed by atoms with Crippen molar-refractivity contribution < 1.29 is 38.4 Å². The van der Waals surface area contributed by atoms with Crippen molar-refractivity contribution in [2.45, 2.75) is 98.9 Å². The summed E-state index contributed by atoms with van der Waals surface area (Å²) in [6.07, 6.45) is 3.89. The fourth-order valence-corrected chi connectivity index (χ4v) is 6.30. The third-order valence-corrected chi connectivity index (χ3v) is 8.87. The molecule has 1 saturated heterocycles. The van der Waals surface area contributed by atoms with Gasteiger partial charge >= 0.3 is 17.9 Å². The number of hydrogen-bond donors (Lipinski definition) is 1. The van der Waals surface area contributed by atoms with Crippen molar-refractivity contribution >= 4 is 17.9 Å². The molecule has 2 aliphatic carbocycles. The zero-order chi connectivity index (χ0) is 27.7. The predicted octanol–water partition coefficient (Wildman–Crippen LogP) is 4.62. The third kappa shape index (κ3) is 5.28. The first kappa shape index (κ1) is 29.1. The Morgan fingerprint density at radius 1 is 1.19 bits per heavy atom. The summed E-state index contributed by atoms with van der Waals surface area (Å²) in [5.74, 6) is -1.99. The number of carbonyl (C=O) groups is 3. The third-order valence-electron chi connectivity index (χ3n) is 8.87. The summed E-state index contributed by atoms with van der Waals surface area (Å²) in [5.41, 5.74) is -0.0572. The molecular formula is C29H42O8. The molecule has 3 aliphatic rings. The van der Waals surface area contributed by atoms with E-state index in [1.807, 2.05) is 20.8 Å². The number of esters is 3. The van der Waals surface area contributed by atoms with E-state index < -0.39 is 47.6 Å². The van der Waals surface area contributed by atoms with Gasteiger partial charge in [0.15, 0.2) is 0 Å². The quantitative estimate of drug-likeness (QED) is 0.215. The molecule has 206 valence electrons. The molecule has 9 atom stereocenters. The molecule has 0 radical (unpaired) electrons. The van der Waals surface area contributed by atoms with Crippen molar-refractivity contribution in [3.8, 4) is 0 Å². The second kappa shape index (κ2) is 11.1. The molecule has 1 spiro atoms. The lowest BCUT2D eigenvalue weighted by atomic mass is 9.45. The Labute approximate surface area is 220 Å². The summed E-state index contributed by atoms with van der Waals surface area (Å²) >= 11 is 0. The number of hydrogen-bond acceptors (Lipinski definition) is 8. The molecule has 37 heavy (non-hydrogen) atoms. The van der Waals surface area contributed by atoms with Crippen LogP contribution in [-0.2, 0) is 33.3 Å². The van der Waals surface area contributed by atoms with Crippen LogP contribution in [0, 0.1) is 28.6 Å². The Morgan fingerprint density at radius 3 is 2.41 bits per heavy atom. The lowest BCUT2D eigenvalue weighted by molar-refractivity contribution is -0.254. The first-order valence-corrected chi connectivity index (χ1v) is 13.2. The van der Waals surface area contributed by atoms with Gasteiger partial charge in [0.1, 0.15) is 6.10 Å². The van der Waals surface area contributed by atoms with Crippen LogP contribution in [-0.4, -0.2) is 47.8 Å². The molecular weight excluding hydrogens is 476 g/mol. The molecule has 3 unspecified atom stereocenters. The van der Waals surface area contributed by atoms with Crippen LogP contribution in [0.15, 0.2) is 36.0 Å². The van der Waals surface area contributed by atoms with Crippen LogP contribution in [0.3, 0.4) is 0 Å². The van der Waals surface area contributed by atoms with E-state index in [4.69, 9.17) is 18.9 Å². The summed E-state index contributed by atoms with van der Waals surface area (Å²) < 4.78 is 23.2. The van der Waals surface area contributed by atoms with E-state index in [0.717, 1.165) is 5.57 Å². The molecule has 0 aromatic heterocycles. The Morgan fingerprint density at radius 2 is 1.84 bits per heavy atom. The minimum Gasteiger partial charge on any atom is -0.458 e. The molecule has 0 amide bonds. The van der Waals surface area contributed by atoms with Crippen LogP contribution in [0.2, 0.25) is 0 Å². The van der Waals surface area contributed by atoms with E-state index >= 15 is 0 Å². The first-order valence-electron chi connectivity index (χ1n) is 13.2. The van der Waals surface area contributed by atoms with Crippen molar-refractivity contribution in [2.75, 3.05) is 0 Å². The second-order valence-corrected chi connectivity index (χ2v) is 11.2. The Balaban J connectivity index is 2.21. The molecule has 0 aromatic rings. The number of rotatable bonds is 8. The van der Waals surface area contributed by atoms with Gasteiger partial charge in [0.2, 0.25) is 12.6 Å². The maximum atomic E-state index is 12.8. The van der Waals surface area contributed by atoms with Crippen molar-refractivity contribution in [3.05, 3.63) is 36.0 Å². The normalized spacial score (nSPS) is 37.9. The summed E-state index contributed by atoms with van der Waals surface area (Å²) in [4.78, 5) is 37.0. The van der Waals surface area contributed by atoms with E-state index in [9.17, 15) is 19.5 Å². The van der Waals surface area contributed by atoms with Crippen molar-refractivity contribution in [3.63, 3.8) is 0 Å².